The highest BCUT2D eigenvalue weighted by Crippen LogP contribution is 2.37. The molecule has 2 aliphatic rings. The van der Waals surface area contributed by atoms with Gasteiger partial charge >= 0.3 is 0 Å². The molecule has 0 spiro atoms. The highest BCUT2D eigenvalue weighted by atomic mass is 19.1. The maximum Gasteiger partial charge on any atom is 0.233 e. The molecular formula is C21H26FN5O. The second kappa shape index (κ2) is 6.79. The number of aromatic nitrogens is 3. The monoisotopic (exact) mass is 383 g/mol. The van der Waals surface area contributed by atoms with Gasteiger partial charge in [-0.15, -0.1) is 0 Å². The van der Waals surface area contributed by atoms with E-state index in [1.54, 1.807) is 11.0 Å². The van der Waals surface area contributed by atoms with Crippen molar-refractivity contribution in [3.8, 4) is 0 Å². The zero-order chi connectivity index (χ0) is 20.1. The summed E-state index contributed by atoms with van der Waals surface area (Å²) in [4.78, 5) is 30.4. The molecule has 1 saturated heterocycles. The molecule has 2 aromatic rings. The quantitative estimate of drug-likeness (QED) is 0.815. The number of amides is 1. The highest BCUT2D eigenvalue weighted by molar-refractivity contribution is 6.00. The molecule has 4 heterocycles. The van der Waals surface area contributed by atoms with E-state index in [0.29, 0.717) is 13.0 Å². The van der Waals surface area contributed by atoms with Gasteiger partial charge in [-0.05, 0) is 45.7 Å². The van der Waals surface area contributed by atoms with Crippen LogP contribution in [0.2, 0.25) is 0 Å². The lowest BCUT2D eigenvalue weighted by Crippen LogP contribution is -2.46. The van der Waals surface area contributed by atoms with Gasteiger partial charge in [-0.25, -0.2) is 19.3 Å². The molecule has 0 aromatic carbocycles. The topological polar surface area (TPSA) is 62.2 Å². The lowest BCUT2D eigenvalue weighted by Gasteiger charge is -2.40. The fourth-order valence-electron chi connectivity index (χ4n) is 4.32. The standard InChI is InChI=1S/C21H26FN5O/c1-13(2)27-18(28)10-16-14(3)24-20(25-19(16)27)21(4)8-5-9-26(12-21)17-7-6-15(22)11-23-17/h6-7,11,13H,5,8-10,12H2,1-4H3/t21-/m0/s1. The number of carbonyl (C=O) groups is 1. The first-order valence-electron chi connectivity index (χ1n) is 9.85. The molecule has 1 amide bonds. The van der Waals surface area contributed by atoms with Crippen LogP contribution in [0.5, 0.6) is 0 Å². The normalized spacial score (nSPS) is 22.1. The molecule has 0 unspecified atom stereocenters. The summed E-state index contributed by atoms with van der Waals surface area (Å²) in [5.74, 6) is 2.06. The van der Waals surface area contributed by atoms with Crippen molar-refractivity contribution in [2.24, 2.45) is 0 Å². The zero-order valence-corrected chi connectivity index (χ0v) is 16.9. The van der Waals surface area contributed by atoms with E-state index < -0.39 is 0 Å². The zero-order valence-electron chi connectivity index (χ0n) is 16.9. The maximum atomic E-state index is 13.2. The molecule has 4 rings (SSSR count). The van der Waals surface area contributed by atoms with Crippen LogP contribution in [0.1, 0.15) is 50.7 Å². The lowest BCUT2D eigenvalue weighted by atomic mass is 9.80. The minimum atomic E-state index is -0.334. The average molecular weight is 383 g/mol. The Morgan fingerprint density at radius 1 is 1.25 bits per heavy atom. The van der Waals surface area contributed by atoms with E-state index in [2.05, 4.69) is 16.8 Å². The number of pyridine rings is 1. The van der Waals surface area contributed by atoms with E-state index in [9.17, 15) is 9.18 Å². The molecule has 0 radical (unpaired) electrons. The van der Waals surface area contributed by atoms with Gasteiger partial charge in [0, 0.05) is 35.8 Å². The molecule has 1 atom stereocenters. The SMILES string of the molecule is Cc1nc([C@@]2(C)CCCN(c3ccc(F)cn3)C2)nc2c1CC(=O)N2C(C)C. The maximum absolute atomic E-state index is 13.2. The molecule has 148 valence electrons. The minimum Gasteiger partial charge on any atom is -0.356 e. The molecule has 0 saturated carbocycles. The van der Waals surface area contributed by atoms with E-state index in [4.69, 9.17) is 9.97 Å². The van der Waals surface area contributed by atoms with Gasteiger partial charge in [0.05, 0.1) is 12.6 Å². The lowest BCUT2D eigenvalue weighted by molar-refractivity contribution is -0.117. The van der Waals surface area contributed by atoms with Crippen molar-refractivity contribution in [1.29, 1.82) is 0 Å². The summed E-state index contributed by atoms with van der Waals surface area (Å²) in [6, 6.07) is 3.22. The van der Waals surface area contributed by atoms with Crippen LogP contribution in [-0.2, 0) is 16.6 Å². The van der Waals surface area contributed by atoms with Crippen LogP contribution in [0.15, 0.2) is 18.3 Å². The Hall–Kier alpha value is -2.57. The van der Waals surface area contributed by atoms with Crippen LogP contribution < -0.4 is 9.80 Å². The molecule has 7 heteroatoms. The van der Waals surface area contributed by atoms with Crippen LogP contribution in [-0.4, -0.2) is 40.0 Å². The Kier molecular flexibility index (Phi) is 4.56. The van der Waals surface area contributed by atoms with Crippen molar-refractivity contribution in [3.05, 3.63) is 41.2 Å². The Morgan fingerprint density at radius 2 is 2.04 bits per heavy atom. The van der Waals surface area contributed by atoms with Gasteiger partial charge in [-0.2, -0.15) is 0 Å². The number of anilines is 2. The Labute approximate surface area is 164 Å². The number of carbonyl (C=O) groups excluding carboxylic acids is 1. The van der Waals surface area contributed by atoms with Crippen molar-refractivity contribution in [3.63, 3.8) is 0 Å². The van der Waals surface area contributed by atoms with Gasteiger partial charge in [0.15, 0.2) is 0 Å². The summed E-state index contributed by atoms with van der Waals surface area (Å²) in [5.41, 5.74) is 1.57. The average Bonchev–Trinajstić information content (AvgIpc) is 2.99. The molecule has 0 N–H and O–H groups in total. The number of hydrogen-bond acceptors (Lipinski definition) is 5. The molecule has 2 aliphatic heterocycles. The third-order valence-electron chi connectivity index (χ3n) is 5.81. The van der Waals surface area contributed by atoms with Gasteiger partial charge < -0.3 is 4.90 Å². The summed E-state index contributed by atoms with van der Waals surface area (Å²) in [7, 11) is 0. The minimum absolute atomic E-state index is 0.0648. The molecule has 28 heavy (non-hydrogen) atoms. The molecule has 0 bridgehead atoms. The third kappa shape index (κ3) is 3.12. The van der Waals surface area contributed by atoms with Gasteiger partial charge in [0.25, 0.3) is 0 Å². The summed E-state index contributed by atoms with van der Waals surface area (Å²) in [5, 5.41) is 0. The molecule has 2 aromatic heterocycles. The Balaban J connectivity index is 1.69. The van der Waals surface area contributed by atoms with Gasteiger partial charge in [-0.1, -0.05) is 6.92 Å². The molecule has 0 aliphatic carbocycles. The number of piperidine rings is 1. The van der Waals surface area contributed by atoms with Crippen molar-refractivity contribution in [2.45, 2.75) is 58.4 Å². The van der Waals surface area contributed by atoms with E-state index in [1.165, 1.54) is 12.3 Å². The molecule has 6 nitrogen and oxygen atoms in total. The van der Waals surface area contributed by atoms with E-state index >= 15 is 0 Å². The fraction of sp³-hybridized carbons (Fsp3) is 0.524. The number of halogens is 1. The van der Waals surface area contributed by atoms with E-state index in [1.807, 2.05) is 20.8 Å². The van der Waals surface area contributed by atoms with Crippen LogP contribution >= 0.6 is 0 Å². The van der Waals surface area contributed by atoms with Crippen LogP contribution in [0, 0.1) is 12.7 Å². The summed E-state index contributed by atoms with van der Waals surface area (Å²) in [6.07, 6.45) is 3.56. The number of rotatable bonds is 3. The van der Waals surface area contributed by atoms with Gasteiger partial charge in [0.2, 0.25) is 5.91 Å². The second-order valence-electron chi connectivity index (χ2n) is 8.39. The molecule has 1 fully saturated rings. The van der Waals surface area contributed by atoms with E-state index in [0.717, 1.165) is 48.1 Å². The molecular weight excluding hydrogens is 357 g/mol. The highest BCUT2D eigenvalue weighted by Gasteiger charge is 2.39. The Bertz CT molecular complexity index is 914. The first-order valence-corrected chi connectivity index (χ1v) is 9.85. The Morgan fingerprint density at radius 3 is 2.71 bits per heavy atom. The van der Waals surface area contributed by atoms with Gasteiger partial charge in [-0.3, -0.25) is 9.69 Å². The summed E-state index contributed by atoms with van der Waals surface area (Å²) in [6.45, 7) is 9.73. The van der Waals surface area contributed by atoms with Crippen LogP contribution in [0.25, 0.3) is 0 Å². The predicted octanol–water partition coefficient (Wildman–Crippen LogP) is 3.17. The summed E-state index contributed by atoms with van der Waals surface area (Å²) < 4.78 is 13.2. The first kappa shape index (κ1) is 18.8. The number of fused-ring (bicyclic) bond motifs is 1. The van der Waals surface area contributed by atoms with Crippen LogP contribution in [0.4, 0.5) is 16.0 Å². The van der Waals surface area contributed by atoms with Crippen LogP contribution in [0.3, 0.4) is 0 Å². The van der Waals surface area contributed by atoms with Gasteiger partial charge in [0.1, 0.15) is 23.3 Å². The number of nitrogens with zero attached hydrogens (tertiary/aromatic N) is 5. The fourth-order valence-corrected chi connectivity index (χ4v) is 4.32. The third-order valence-corrected chi connectivity index (χ3v) is 5.81. The number of aryl methyl sites for hydroxylation is 1. The van der Waals surface area contributed by atoms with Crippen molar-refractivity contribution in [1.82, 2.24) is 15.0 Å². The number of hydrogen-bond donors (Lipinski definition) is 0. The van der Waals surface area contributed by atoms with E-state index in [-0.39, 0.29) is 23.2 Å². The predicted molar refractivity (Wildman–Crippen MR) is 106 cm³/mol. The van der Waals surface area contributed by atoms with Crippen molar-refractivity contribution in [2.75, 3.05) is 22.9 Å². The smallest absolute Gasteiger partial charge is 0.233 e. The van der Waals surface area contributed by atoms with Crippen molar-refractivity contribution < 1.29 is 9.18 Å². The first-order chi connectivity index (χ1) is 13.3. The largest absolute Gasteiger partial charge is 0.356 e. The van der Waals surface area contributed by atoms with Crippen molar-refractivity contribution >= 4 is 17.5 Å². The second-order valence-corrected chi connectivity index (χ2v) is 8.39. The summed E-state index contributed by atoms with van der Waals surface area (Å²) >= 11 is 0.